The number of hydrogen-bond donors (Lipinski definition) is 2. The Morgan fingerprint density at radius 1 is 1.27 bits per heavy atom. The smallest absolute Gasteiger partial charge is 0.317 e. The summed E-state index contributed by atoms with van der Waals surface area (Å²) in [6.45, 7) is 3.25. The van der Waals surface area contributed by atoms with Crippen molar-refractivity contribution in [1.82, 2.24) is 15.5 Å². The van der Waals surface area contributed by atoms with Crippen LogP contribution in [-0.2, 0) is 4.79 Å². The minimum atomic E-state index is -0.316. The number of nitrogens with one attached hydrogen (secondary N) is 2. The van der Waals surface area contributed by atoms with Crippen molar-refractivity contribution in [2.75, 3.05) is 19.7 Å². The molecule has 1 aliphatic heterocycles. The Morgan fingerprint density at radius 3 is 2.69 bits per heavy atom. The Kier molecular flexibility index (Phi) is 5.96. The van der Waals surface area contributed by atoms with E-state index in [0.717, 1.165) is 25.7 Å². The molecule has 1 aromatic carbocycles. The predicted octanol–water partition coefficient (Wildman–Crippen LogP) is 2.29. The lowest BCUT2D eigenvalue weighted by Crippen LogP contribution is -2.51. The van der Waals surface area contributed by atoms with E-state index < -0.39 is 0 Å². The molecule has 0 aromatic heterocycles. The molecule has 7 heteroatoms. The van der Waals surface area contributed by atoms with Crippen LogP contribution in [0.5, 0.6) is 5.75 Å². The first-order chi connectivity index (χ1) is 12.5. The Hall–Kier alpha value is -2.31. The number of benzene rings is 1. The highest BCUT2D eigenvalue weighted by molar-refractivity contribution is 5.81. The first-order valence-corrected chi connectivity index (χ1v) is 9.25. The van der Waals surface area contributed by atoms with Gasteiger partial charge in [-0.3, -0.25) is 4.79 Å². The van der Waals surface area contributed by atoms with Crippen LogP contribution >= 0.6 is 0 Å². The number of rotatable bonds is 6. The van der Waals surface area contributed by atoms with Crippen molar-refractivity contribution in [1.29, 1.82) is 0 Å². The molecular formula is C19H26FN3O3. The number of amides is 3. The van der Waals surface area contributed by atoms with Crippen molar-refractivity contribution in [3.05, 3.63) is 30.1 Å². The predicted molar refractivity (Wildman–Crippen MR) is 95.4 cm³/mol. The highest BCUT2D eigenvalue weighted by Gasteiger charge is 2.32. The molecule has 26 heavy (non-hydrogen) atoms. The van der Waals surface area contributed by atoms with Gasteiger partial charge in [0.05, 0.1) is 12.0 Å². The number of halogens is 1. The van der Waals surface area contributed by atoms with Crippen LogP contribution in [0.2, 0.25) is 0 Å². The van der Waals surface area contributed by atoms with Crippen LogP contribution in [0, 0.1) is 11.7 Å². The topological polar surface area (TPSA) is 70.7 Å². The van der Waals surface area contributed by atoms with Gasteiger partial charge >= 0.3 is 6.03 Å². The summed E-state index contributed by atoms with van der Waals surface area (Å²) in [6.07, 6.45) is 3.78. The average molecular weight is 363 g/mol. The maximum Gasteiger partial charge on any atom is 0.317 e. The van der Waals surface area contributed by atoms with Gasteiger partial charge in [-0.15, -0.1) is 0 Å². The monoisotopic (exact) mass is 363 g/mol. The number of likely N-dealkylation sites (tertiary alicyclic amines) is 1. The summed E-state index contributed by atoms with van der Waals surface area (Å²) >= 11 is 0. The molecule has 1 saturated heterocycles. The lowest BCUT2D eigenvalue weighted by Gasteiger charge is -2.33. The first kappa shape index (κ1) is 18.5. The fourth-order valence-corrected chi connectivity index (χ4v) is 3.02. The van der Waals surface area contributed by atoms with Crippen LogP contribution in [0.4, 0.5) is 9.18 Å². The minimum absolute atomic E-state index is 0.0673. The fraction of sp³-hybridized carbons (Fsp3) is 0.579. The van der Waals surface area contributed by atoms with Crippen molar-refractivity contribution in [2.45, 2.75) is 44.7 Å². The number of carbonyl (C=O) groups is 2. The molecule has 142 valence electrons. The summed E-state index contributed by atoms with van der Waals surface area (Å²) in [7, 11) is 0. The summed E-state index contributed by atoms with van der Waals surface area (Å²) in [6, 6.07) is 5.74. The Balaban J connectivity index is 1.42. The maximum absolute atomic E-state index is 12.9. The van der Waals surface area contributed by atoms with Crippen LogP contribution < -0.4 is 15.4 Å². The molecule has 2 atom stereocenters. The van der Waals surface area contributed by atoms with Gasteiger partial charge in [-0.25, -0.2) is 9.18 Å². The van der Waals surface area contributed by atoms with Gasteiger partial charge in [-0.2, -0.15) is 0 Å². The summed E-state index contributed by atoms with van der Waals surface area (Å²) < 4.78 is 18.4. The third-order valence-electron chi connectivity index (χ3n) is 4.69. The molecule has 2 aliphatic rings. The quantitative estimate of drug-likeness (QED) is 0.815. The van der Waals surface area contributed by atoms with Gasteiger partial charge in [0.1, 0.15) is 18.2 Å². The second-order valence-corrected chi connectivity index (χ2v) is 7.18. The Morgan fingerprint density at radius 2 is 2.00 bits per heavy atom. The summed E-state index contributed by atoms with van der Waals surface area (Å²) in [5, 5.41) is 5.92. The fourth-order valence-electron chi connectivity index (χ4n) is 3.02. The van der Waals surface area contributed by atoms with Crippen LogP contribution in [-0.4, -0.2) is 48.6 Å². The molecule has 0 spiro atoms. The SMILES string of the molecule is C[C@@H](COc1ccc(F)cc1)NC(=O)N1CCC[C@@H](C(=O)NC2CC2)C1. The van der Waals surface area contributed by atoms with E-state index in [9.17, 15) is 14.0 Å². The second kappa shape index (κ2) is 8.38. The third-order valence-corrected chi connectivity index (χ3v) is 4.69. The van der Waals surface area contributed by atoms with Crippen molar-refractivity contribution >= 4 is 11.9 Å². The van der Waals surface area contributed by atoms with Crippen LogP contribution in [0.15, 0.2) is 24.3 Å². The lowest BCUT2D eigenvalue weighted by atomic mass is 9.97. The van der Waals surface area contributed by atoms with E-state index in [-0.39, 0.29) is 36.3 Å². The van der Waals surface area contributed by atoms with Gasteiger partial charge in [0.2, 0.25) is 5.91 Å². The first-order valence-electron chi connectivity index (χ1n) is 9.25. The van der Waals surface area contributed by atoms with Crippen LogP contribution in [0.3, 0.4) is 0 Å². The van der Waals surface area contributed by atoms with E-state index in [1.54, 1.807) is 17.0 Å². The lowest BCUT2D eigenvalue weighted by molar-refractivity contribution is -0.126. The van der Waals surface area contributed by atoms with Gasteiger partial charge < -0.3 is 20.3 Å². The van der Waals surface area contributed by atoms with E-state index >= 15 is 0 Å². The van der Waals surface area contributed by atoms with E-state index in [1.807, 2.05) is 6.92 Å². The molecule has 3 amide bonds. The summed E-state index contributed by atoms with van der Waals surface area (Å²) in [4.78, 5) is 26.4. The zero-order valence-corrected chi connectivity index (χ0v) is 15.0. The maximum atomic E-state index is 12.9. The molecule has 0 unspecified atom stereocenters. The summed E-state index contributed by atoms with van der Waals surface area (Å²) in [5.74, 6) is 0.185. The Labute approximate surface area is 153 Å². The van der Waals surface area contributed by atoms with Gasteiger partial charge in [0, 0.05) is 19.1 Å². The normalized spacial score (nSPS) is 21.0. The number of urea groups is 1. The molecule has 2 fully saturated rings. The standard InChI is InChI=1S/C19H26FN3O3/c1-13(12-26-17-8-4-15(20)5-9-17)21-19(25)23-10-2-3-14(11-23)18(24)22-16-6-7-16/h4-5,8-9,13-14,16H,2-3,6-7,10-12H2,1H3,(H,21,25)(H,22,24)/t13-,14+/m0/s1. The zero-order valence-electron chi connectivity index (χ0n) is 15.0. The molecule has 1 aromatic rings. The number of carbonyl (C=O) groups excluding carboxylic acids is 2. The minimum Gasteiger partial charge on any atom is -0.491 e. The highest BCUT2D eigenvalue weighted by Crippen LogP contribution is 2.22. The molecule has 0 radical (unpaired) electrons. The molecule has 3 rings (SSSR count). The van der Waals surface area contributed by atoms with Crippen molar-refractivity contribution in [3.63, 3.8) is 0 Å². The van der Waals surface area contributed by atoms with Gasteiger partial charge in [0.25, 0.3) is 0 Å². The van der Waals surface area contributed by atoms with Crippen molar-refractivity contribution < 1.29 is 18.7 Å². The van der Waals surface area contributed by atoms with Gasteiger partial charge in [0.15, 0.2) is 0 Å². The Bertz CT molecular complexity index is 633. The van der Waals surface area contributed by atoms with E-state index in [0.29, 0.717) is 24.9 Å². The summed E-state index contributed by atoms with van der Waals surface area (Å²) in [5.41, 5.74) is 0. The highest BCUT2D eigenvalue weighted by atomic mass is 19.1. The number of hydrogen-bond acceptors (Lipinski definition) is 3. The molecule has 2 N–H and O–H groups in total. The molecule has 1 aliphatic carbocycles. The second-order valence-electron chi connectivity index (χ2n) is 7.18. The van der Waals surface area contributed by atoms with Crippen LogP contribution in [0.25, 0.3) is 0 Å². The number of nitrogens with zero attached hydrogens (tertiary/aromatic N) is 1. The van der Waals surface area contributed by atoms with E-state index in [2.05, 4.69) is 10.6 Å². The number of ether oxygens (including phenoxy) is 1. The molecule has 1 saturated carbocycles. The molecule has 0 bridgehead atoms. The van der Waals surface area contributed by atoms with Gasteiger partial charge in [-0.1, -0.05) is 0 Å². The van der Waals surface area contributed by atoms with Gasteiger partial charge in [-0.05, 0) is 56.9 Å². The van der Waals surface area contributed by atoms with E-state index in [4.69, 9.17) is 4.74 Å². The molecular weight excluding hydrogens is 337 g/mol. The average Bonchev–Trinajstić information content (AvgIpc) is 3.45. The largest absolute Gasteiger partial charge is 0.491 e. The zero-order chi connectivity index (χ0) is 18.5. The number of piperidine rings is 1. The molecule has 6 nitrogen and oxygen atoms in total. The molecule has 1 heterocycles. The van der Waals surface area contributed by atoms with E-state index in [1.165, 1.54) is 12.1 Å². The van der Waals surface area contributed by atoms with Crippen LogP contribution in [0.1, 0.15) is 32.6 Å². The van der Waals surface area contributed by atoms with Crippen molar-refractivity contribution in [2.24, 2.45) is 5.92 Å². The van der Waals surface area contributed by atoms with Crippen molar-refractivity contribution in [3.8, 4) is 5.75 Å². The third kappa shape index (κ3) is 5.34.